The predicted molar refractivity (Wildman–Crippen MR) is 132 cm³/mol. The topological polar surface area (TPSA) is 164 Å². The SMILES string of the molecule is COc1ccc(-c2nc(C)no2)cc1CC(=O)N[C@H](C(=O)N[C@@H](CC(=O)O)C(=O)CN1CC1C)C(C)C. The first-order valence-electron chi connectivity index (χ1n) is 12.0. The van der Waals surface area contributed by atoms with E-state index in [0.29, 0.717) is 28.6 Å². The first kappa shape index (κ1) is 27.8. The highest BCUT2D eigenvalue weighted by atomic mass is 16.5. The molecule has 0 bridgehead atoms. The van der Waals surface area contributed by atoms with E-state index in [1.165, 1.54) is 7.11 Å². The van der Waals surface area contributed by atoms with E-state index in [1.54, 1.807) is 39.0 Å². The number of aryl methyl sites for hydroxylation is 1. The third-order valence-electron chi connectivity index (χ3n) is 6.10. The normalized spacial score (nSPS) is 18.1. The standard InChI is InChI=1S/C25H33N5O7/c1-13(2)23(24(35)27-18(10-22(33)34)19(31)12-30-11-14(30)3)28-21(32)9-17-8-16(6-7-20(17)36-5)25-26-15(4)29-37-25/h6-8,13-14,18,23H,9-12H2,1-5H3,(H,27,35)(H,28,32)(H,33,34)/t14?,18-,23-,30?/m0/s1. The summed E-state index contributed by atoms with van der Waals surface area (Å²) in [6.07, 6.45) is -0.643. The monoisotopic (exact) mass is 515 g/mol. The number of carbonyl (C=O) groups excluding carboxylic acids is 3. The second kappa shape index (κ2) is 12.0. The van der Waals surface area contributed by atoms with Gasteiger partial charge in [0.2, 0.25) is 11.8 Å². The van der Waals surface area contributed by atoms with Gasteiger partial charge in [-0.3, -0.25) is 24.1 Å². The van der Waals surface area contributed by atoms with E-state index in [0.717, 1.165) is 6.54 Å². The molecule has 3 rings (SSSR count). The van der Waals surface area contributed by atoms with Crippen molar-refractivity contribution in [1.29, 1.82) is 0 Å². The number of ether oxygens (including phenoxy) is 1. The quantitative estimate of drug-likeness (QED) is 0.327. The number of carbonyl (C=O) groups is 4. The van der Waals surface area contributed by atoms with Crippen molar-refractivity contribution in [2.45, 2.75) is 58.7 Å². The Morgan fingerprint density at radius 3 is 2.49 bits per heavy atom. The molecule has 2 unspecified atom stereocenters. The van der Waals surface area contributed by atoms with E-state index in [1.807, 2.05) is 11.8 Å². The van der Waals surface area contributed by atoms with Crippen molar-refractivity contribution in [2.24, 2.45) is 5.92 Å². The molecule has 200 valence electrons. The van der Waals surface area contributed by atoms with Gasteiger partial charge in [-0.1, -0.05) is 19.0 Å². The Hall–Kier alpha value is -3.80. The lowest BCUT2D eigenvalue weighted by molar-refractivity contribution is -0.140. The van der Waals surface area contributed by atoms with E-state index in [2.05, 4.69) is 20.8 Å². The van der Waals surface area contributed by atoms with E-state index in [9.17, 15) is 24.3 Å². The Morgan fingerprint density at radius 1 is 1.24 bits per heavy atom. The van der Waals surface area contributed by atoms with Crippen molar-refractivity contribution in [2.75, 3.05) is 20.2 Å². The zero-order chi connectivity index (χ0) is 27.3. The summed E-state index contributed by atoms with van der Waals surface area (Å²) in [6.45, 7) is 7.95. The second-order valence-electron chi connectivity index (χ2n) is 9.54. The fourth-order valence-corrected chi connectivity index (χ4v) is 3.90. The number of Topliss-reactive ketones (excluding diaryl/α,β-unsaturated/α-hetero) is 1. The molecule has 2 amide bonds. The van der Waals surface area contributed by atoms with Gasteiger partial charge in [0.15, 0.2) is 11.6 Å². The van der Waals surface area contributed by atoms with Crippen LogP contribution >= 0.6 is 0 Å². The van der Waals surface area contributed by atoms with Gasteiger partial charge in [0.25, 0.3) is 5.89 Å². The van der Waals surface area contributed by atoms with Crippen molar-refractivity contribution in [1.82, 2.24) is 25.7 Å². The van der Waals surface area contributed by atoms with Gasteiger partial charge in [-0.25, -0.2) is 0 Å². The Balaban J connectivity index is 1.70. The van der Waals surface area contributed by atoms with Crippen molar-refractivity contribution >= 4 is 23.6 Å². The minimum Gasteiger partial charge on any atom is -0.496 e. The van der Waals surface area contributed by atoms with E-state index in [4.69, 9.17) is 9.26 Å². The molecule has 12 heteroatoms. The predicted octanol–water partition coefficient (Wildman–Crippen LogP) is 0.970. The summed E-state index contributed by atoms with van der Waals surface area (Å²) in [6, 6.07) is 3.20. The summed E-state index contributed by atoms with van der Waals surface area (Å²) in [5.74, 6) is -1.75. The molecule has 12 nitrogen and oxygen atoms in total. The number of carboxylic acids is 1. The van der Waals surface area contributed by atoms with Gasteiger partial charge in [0, 0.05) is 23.7 Å². The summed E-state index contributed by atoms with van der Waals surface area (Å²) < 4.78 is 10.6. The summed E-state index contributed by atoms with van der Waals surface area (Å²) in [5.41, 5.74) is 1.15. The maximum absolute atomic E-state index is 13.1. The molecular formula is C25H33N5O7. The third-order valence-corrected chi connectivity index (χ3v) is 6.10. The molecule has 1 aromatic heterocycles. The van der Waals surface area contributed by atoms with Crippen LogP contribution in [0, 0.1) is 12.8 Å². The van der Waals surface area contributed by atoms with E-state index in [-0.39, 0.29) is 30.7 Å². The second-order valence-corrected chi connectivity index (χ2v) is 9.54. The van der Waals surface area contributed by atoms with Crippen LogP contribution in [-0.2, 0) is 25.6 Å². The zero-order valence-corrected chi connectivity index (χ0v) is 21.6. The fourth-order valence-electron chi connectivity index (χ4n) is 3.90. The van der Waals surface area contributed by atoms with Crippen molar-refractivity contribution < 1.29 is 33.5 Å². The fraction of sp³-hybridized carbons (Fsp3) is 0.520. The average Bonchev–Trinajstić information content (AvgIpc) is 3.33. The van der Waals surface area contributed by atoms with Crippen LogP contribution in [0.4, 0.5) is 0 Å². The molecule has 37 heavy (non-hydrogen) atoms. The van der Waals surface area contributed by atoms with Gasteiger partial charge < -0.3 is 25.0 Å². The van der Waals surface area contributed by atoms with Crippen LogP contribution < -0.4 is 15.4 Å². The Bertz CT molecular complexity index is 1160. The number of carboxylic acid groups (broad SMARTS) is 1. The highest BCUT2D eigenvalue weighted by Crippen LogP contribution is 2.26. The number of ketones is 1. The molecular weight excluding hydrogens is 482 g/mol. The number of rotatable bonds is 13. The highest BCUT2D eigenvalue weighted by Gasteiger charge is 2.35. The van der Waals surface area contributed by atoms with Crippen LogP contribution in [-0.4, -0.2) is 82.0 Å². The van der Waals surface area contributed by atoms with Crippen LogP contribution in [0.15, 0.2) is 22.7 Å². The van der Waals surface area contributed by atoms with Gasteiger partial charge in [-0.2, -0.15) is 4.98 Å². The third kappa shape index (κ3) is 7.59. The lowest BCUT2D eigenvalue weighted by Gasteiger charge is -2.25. The van der Waals surface area contributed by atoms with Crippen LogP contribution in [0.2, 0.25) is 0 Å². The molecule has 1 aliphatic rings. The lowest BCUT2D eigenvalue weighted by Crippen LogP contribution is -2.55. The number of methoxy groups -OCH3 is 1. The number of aliphatic carboxylic acids is 1. The Labute approximate surface area is 214 Å². The first-order chi connectivity index (χ1) is 17.5. The molecule has 0 radical (unpaired) electrons. The number of hydrogen-bond acceptors (Lipinski definition) is 9. The summed E-state index contributed by atoms with van der Waals surface area (Å²) in [7, 11) is 1.48. The van der Waals surface area contributed by atoms with Crippen molar-refractivity contribution in [3.05, 3.63) is 29.6 Å². The average molecular weight is 516 g/mol. The molecule has 2 heterocycles. The summed E-state index contributed by atoms with van der Waals surface area (Å²) >= 11 is 0. The van der Waals surface area contributed by atoms with Crippen LogP contribution in [0.25, 0.3) is 11.5 Å². The number of amides is 2. The molecule has 1 fully saturated rings. The molecule has 0 saturated carbocycles. The summed E-state index contributed by atoms with van der Waals surface area (Å²) in [5, 5.41) is 18.3. The molecule has 2 aromatic rings. The molecule has 1 saturated heterocycles. The first-order valence-corrected chi connectivity index (χ1v) is 12.0. The van der Waals surface area contributed by atoms with Crippen molar-refractivity contribution in [3.63, 3.8) is 0 Å². The molecule has 3 N–H and O–H groups in total. The minimum absolute atomic E-state index is 0.0633. The maximum Gasteiger partial charge on any atom is 0.305 e. The number of aromatic nitrogens is 2. The highest BCUT2D eigenvalue weighted by molar-refractivity contribution is 5.95. The van der Waals surface area contributed by atoms with Gasteiger partial charge in [-0.15, -0.1) is 0 Å². The molecule has 4 atom stereocenters. The van der Waals surface area contributed by atoms with E-state index < -0.39 is 36.3 Å². The molecule has 0 spiro atoms. The number of hydrogen-bond donors (Lipinski definition) is 3. The Morgan fingerprint density at radius 2 is 1.95 bits per heavy atom. The molecule has 1 aliphatic heterocycles. The maximum atomic E-state index is 13.1. The van der Waals surface area contributed by atoms with Crippen LogP contribution in [0.3, 0.4) is 0 Å². The summed E-state index contributed by atoms with van der Waals surface area (Å²) in [4.78, 5) is 56.1. The molecule has 0 aliphatic carbocycles. The van der Waals surface area contributed by atoms with Crippen LogP contribution in [0.5, 0.6) is 5.75 Å². The van der Waals surface area contributed by atoms with Crippen molar-refractivity contribution in [3.8, 4) is 17.2 Å². The van der Waals surface area contributed by atoms with E-state index >= 15 is 0 Å². The Kier molecular flexibility index (Phi) is 8.98. The number of benzene rings is 1. The van der Waals surface area contributed by atoms with Gasteiger partial charge in [-0.05, 0) is 38.0 Å². The zero-order valence-electron chi connectivity index (χ0n) is 21.6. The number of nitrogens with zero attached hydrogens (tertiary/aromatic N) is 3. The molecule has 1 aromatic carbocycles. The number of nitrogens with one attached hydrogen (secondary N) is 2. The van der Waals surface area contributed by atoms with Gasteiger partial charge in [0.05, 0.1) is 32.5 Å². The lowest BCUT2D eigenvalue weighted by atomic mass is 10.0. The largest absolute Gasteiger partial charge is 0.496 e. The van der Waals surface area contributed by atoms with Gasteiger partial charge in [0.1, 0.15) is 11.8 Å². The minimum atomic E-state index is -1.20. The smallest absolute Gasteiger partial charge is 0.305 e. The van der Waals surface area contributed by atoms with Gasteiger partial charge >= 0.3 is 5.97 Å². The van der Waals surface area contributed by atoms with Crippen LogP contribution in [0.1, 0.15) is 38.6 Å².